The molecule has 3 heterocycles. The SMILES string of the molecule is O=C(COc1ccc(Br)cc1[C@@H]1c2sc(=O)[nH]c2S[C@@H]2[C@@H]3C[C@@H]([C@@H]4C(=O)N(c5ccc(Cl)cc5)C(=O)[C@@H]34)[C@H]12)Nc1ccc(Cl)c(Cl)c1. The first-order chi connectivity index (χ1) is 22.6. The summed E-state index contributed by atoms with van der Waals surface area (Å²) in [6.45, 7) is -0.277. The molecule has 3 fully saturated rings. The maximum absolute atomic E-state index is 14.0. The Kier molecular flexibility index (Phi) is 8.01. The second kappa shape index (κ2) is 12.0. The molecule has 0 unspecified atom stereocenters. The van der Waals surface area contributed by atoms with E-state index in [1.165, 1.54) is 4.90 Å². The molecule has 0 radical (unpaired) electrons. The minimum Gasteiger partial charge on any atom is -0.483 e. The maximum atomic E-state index is 14.0. The number of hydrogen-bond acceptors (Lipinski definition) is 7. The van der Waals surface area contributed by atoms with Crippen molar-refractivity contribution in [3.8, 4) is 5.75 Å². The summed E-state index contributed by atoms with van der Waals surface area (Å²) >= 11 is 24.6. The fraction of sp³-hybridized carbons (Fsp3) is 0.273. The first kappa shape index (κ1) is 31.5. The van der Waals surface area contributed by atoms with Crippen LogP contribution in [0.3, 0.4) is 0 Å². The van der Waals surface area contributed by atoms with Gasteiger partial charge in [-0.05, 0) is 84.8 Å². The Hall–Kier alpha value is -2.80. The van der Waals surface area contributed by atoms with Crippen LogP contribution < -0.4 is 19.8 Å². The molecule has 1 aromatic heterocycles. The van der Waals surface area contributed by atoms with Gasteiger partial charge in [0.15, 0.2) is 6.61 Å². The number of ether oxygens (including phenoxy) is 1. The molecule has 4 aliphatic rings. The highest BCUT2D eigenvalue weighted by Crippen LogP contribution is 2.69. The van der Waals surface area contributed by atoms with Gasteiger partial charge < -0.3 is 15.0 Å². The van der Waals surface area contributed by atoms with Gasteiger partial charge in [-0.1, -0.05) is 62.1 Å². The topological polar surface area (TPSA) is 109 Å². The first-order valence-electron chi connectivity index (χ1n) is 14.8. The van der Waals surface area contributed by atoms with E-state index in [9.17, 15) is 19.2 Å². The molecule has 14 heteroatoms. The fourth-order valence-electron chi connectivity index (χ4n) is 8.02. The standard InChI is InChI=1S/C33H23BrCl3N3O5S2/c34-13-1-8-22(45-12-23(41)38-15-4-7-20(36)21(37)10-15)17(9-13)24-25-18-11-19(28(25)46-30-29(24)47-33(44)39-30)27-26(18)31(42)40(32(27)43)16-5-2-14(35)3-6-16/h1-10,18-19,24-28H,11-12H2,(H,38,41)(H,39,44)/t18-,19-,24+,25-,26+,27+,28-/m1/s1. The van der Waals surface area contributed by atoms with Crippen LogP contribution in [-0.2, 0) is 14.4 Å². The minimum atomic E-state index is -0.460. The van der Waals surface area contributed by atoms with Gasteiger partial charge in [-0.3, -0.25) is 24.1 Å². The average Bonchev–Trinajstić information content (AvgIpc) is 3.78. The summed E-state index contributed by atoms with van der Waals surface area (Å²) < 4.78 is 6.98. The highest BCUT2D eigenvalue weighted by atomic mass is 79.9. The summed E-state index contributed by atoms with van der Waals surface area (Å²) in [7, 11) is 0. The van der Waals surface area contributed by atoms with Crippen LogP contribution in [0.25, 0.3) is 0 Å². The van der Waals surface area contributed by atoms with Crippen molar-refractivity contribution < 1.29 is 19.1 Å². The van der Waals surface area contributed by atoms with Gasteiger partial charge in [-0.25, -0.2) is 0 Å². The van der Waals surface area contributed by atoms with Gasteiger partial charge in [0.2, 0.25) is 11.8 Å². The number of rotatable bonds is 6. The second-order valence-corrected chi connectivity index (χ2v) is 16.5. The molecule has 1 saturated heterocycles. The molecule has 2 bridgehead atoms. The van der Waals surface area contributed by atoms with Gasteiger partial charge >= 0.3 is 4.87 Å². The zero-order valence-electron chi connectivity index (χ0n) is 24.0. The number of amides is 3. The van der Waals surface area contributed by atoms with E-state index >= 15 is 0 Å². The Morgan fingerprint density at radius 3 is 2.45 bits per heavy atom. The van der Waals surface area contributed by atoms with E-state index in [4.69, 9.17) is 39.5 Å². The molecule has 3 aromatic carbocycles. The molecule has 0 spiro atoms. The number of carbonyl (C=O) groups excluding carboxylic acids is 3. The van der Waals surface area contributed by atoms with Crippen molar-refractivity contribution in [2.45, 2.75) is 22.6 Å². The second-order valence-electron chi connectivity index (χ2n) is 12.1. The molecule has 2 aliphatic carbocycles. The quantitative estimate of drug-likeness (QED) is 0.193. The molecule has 4 aromatic rings. The molecule has 8 rings (SSSR count). The summed E-state index contributed by atoms with van der Waals surface area (Å²) in [5, 5.41) is 4.78. The molecule has 3 amide bonds. The van der Waals surface area contributed by atoms with Crippen molar-refractivity contribution in [1.29, 1.82) is 0 Å². The number of benzene rings is 3. The third kappa shape index (κ3) is 5.25. The Bertz CT molecular complexity index is 2040. The van der Waals surface area contributed by atoms with E-state index in [0.717, 1.165) is 37.7 Å². The highest BCUT2D eigenvalue weighted by Gasteiger charge is 2.69. The number of imide groups is 1. The number of anilines is 2. The zero-order chi connectivity index (χ0) is 32.7. The number of carbonyl (C=O) groups is 3. The van der Waals surface area contributed by atoms with Crippen LogP contribution in [0.15, 0.2) is 75.0 Å². The number of thioether (sulfide) groups is 1. The average molecular weight is 792 g/mol. The Labute approximate surface area is 300 Å². The number of hydrogen-bond donors (Lipinski definition) is 2. The van der Waals surface area contributed by atoms with Crippen LogP contribution in [-0.4, -0.2) is 34.6 Å². The number of aromatic amines is 1. The lowest BCUT2D eigenvalue weighted by atomic mass is 9.68. The van der Waals surface area contributed by atoms with E-state index in [-0.39, 0.29) is 58.1 Å². The van der Waals surface area contributed by atoms with Crippen molar-refractivity contribution >= 4 is 103 Å². The largest absolute Gasteiger partial charge is 0.483 e. The van der Waals surface area contributed by atoms with E-state index in [1.54, 1.807) is 60.3 Å². The smallest absolute Gasteiger partial charge is 0.305 e. The molecule has 240 valence electrons. The van der Waals surface area contributed by atoms with E-state index in [1.807, 2.05) is 12.1 Å². The van der Waals surface area contributed by atoms with Crippen LogP contribution in [0.5, 0.6) is 5.75 Å². The van der Waals surface area contributed by atoms with Gasteiger partial charge in [-0.2, -0.15) is 0 Å². The first-order valence-corrected chi connectivity index (χ1v) is 18.4. The number of aromatic nitrogens is 1. The van der Waals surface area contributed by atoms with Gasteiger partial charge in [0.1, 0.15) is 5.75 Å². The fourth-order valence-corrected chi connectivity index (χ4v) is 11.7. The Morgan fingerprint density at radius 2 is 1.70 bits per heavy atom. The summed E-state index contributed by atoms with van der Waals surface area (Å²) in [5.41, 5.74) is 1.82. The van der Waals surface area contributed by atoms with Crippen LogP contribution in [0.2, 0.25) is 15.1 Å². The molecule has 8 nitrogen and oxygen atoms in total. The van der Waals surface area contributed by atoms with Gasteiger partial charge in [0.25, 0.3) is 5.91 Å². The highest BCUT2D eigenvalue weighted by molar-refractivity contribution is 9.10. The Morgan fingerprint density at radius 1 is 0.957 bits per heavy atom. The lowest BCUT2D eigenvalue weighted by Crippen LogP contribution is -2.42. The van der Waals surface area contributed by atoms with Gasteiger partial charge in [0.05, 0.1) is 32.6 Å². The third-order valence-electron chi connectivity index (χ3n) is 9.68. The number of halogens is 4. The molecule has 7 atom stereocenters. The normalized spacial score (nSPS) is 27.1. The Balaban J connectivity index is 1.13. The van der Waals surface area contributed by atoms with E-state index in [2.05, 4.69) is 26.2 Å². The monoisotopic (exact) mass is 789 g/mol. The molecule has 2 N–H and O–H groups in total. The van der Waals surface area contributed by atoms with E-state index < -0.39 is 11.8 Å². The summed E-state index contributed by atoms with van der Waals surface area (Å²) in [5.74, 6) is -1.60. The van der Waals surface area contributed by atoms with Gasteiger partial charge in [0, 0.05) is 36.8 Å². The maximum Gasteiger partial charge on any atom is 0.305 e. The van der Waals surface area contributed by atoms with E-state index in [0.29, 0.717) is 32.2 Å². The lowest BCUT2D eigenvalue weighted by Gasteiger charge is -2.43. The number of H-pyrrole nitrogens is 1. The summed E-state index contributed by atoms with van der Waals surface area (Å²) in [6.07, 6.45) is 0.746. The predicted molar refractivity (Wildman–Crippen MR) is 187 cm³/mol. The molecular formula is C33H23BrCl3N3O5S2. The molecule has 2 aliphatic heterocycles. The summed E-state index contributed by atoms with van der Waals surface area (Å²) in [4.78, 5) is 58.7. The predicted octanol–water partition coefficient (Wildman–Crippen LogP) is 7.85. The van der Waals surface area contributed by atoms with Crippen LogP contribution in [0, 0.1) is 29.6 Å². The van der Waals surface area contributed by atoms with Crippen molar-refractivity contribution in [3.63, 3.8) is 0 Å². The number of thiazole rings is 1. The van der Waals surface area contributed by atoms with Crippen LogP contribution in [0.1, 0.15) is 22.8 Å². The van der Waals surface area contributed by atoms with Crippen molar-refractivity contribution in [2.24, 2.45) is 29.6 Å². The van der Waals surface area contributed by atoms with Crippen molar-refractivity contribution in [3.05, 3.63) is 100 Å². The van der Waals surface area contributed by atoms with Crippen molar-refractivity contribution in [2.75, 3.05) is 16.8 Å². The zero-order valence-corrected chi connectivity index (χ0v) is 29.5. The van der Waals surface area contributed by atoms with Crippen LogP contribution in [0.4, 0.5) is 11.4 Å². The van der Waals surface area contributed by atoms with Gasteiger partial charge in [-0.15, -0.1) is 11.8 Å². The number of nitrogens with zero attached hydrogens (tertiary/aromatic N) is 1. The minimum absolute atomic E-state index is 0.00398. The lowest BCUT2D eigenvalue weighted by molar-refractivity contribution is -0.123. The summed E-state index contributed by atoms with van der Waals surface area (Å²) in [6, 6.07) is 17.2. The third-order valence-corrected chi connectivity index (χ3v) is 13.8. The molecule has 47 heavy (non-hydrogen) atoms. The molecular weight excluding hydrogens is 769 g/mol. The number of nitrogens with one attached hydrogen (secondary N) is 2. The number of fused-ring (bicyclic) bond motifs is 9. The molecule has 2 saturated carbocycles. The van der Waals surface area contributed by atoms with Crippen LogP contribution >= 0.6 is 73.8 Å². The van der Waals surface area contributed by atoms with Crippen molar-refractivity contribution in [1.82, 2.24) is 4.98 Å².